The molecule has 9 nitrogen and oxygen atoms in total. The van der Waals surface area contributed by atoms with E-state index in [2.05, 4.69) is 33.1 Å². The molecule has 3 fully saturated rings. The summed E-state index contributed by atoms with van der Waals surface area (Å²) in [5.74, 6) is -2.07. The zero-order chi connectivity index (χ0) is 29.1. The molecule has 0 bridgehead atoms. The molecule has 0 aliphatic carbocycles. The van der Waals surface area contributed by atoms with Gasteiger partial charge in [0.25, 0.3) is 0 Å². The van der Waals surface area contributed by atoms with E-state index in [0.29, 0.717) is 24.9 Å². The van der Waals surface area contributed by atoms with E-state index in [-0.39, 0.29) is 17.5 Å². The van der Waals surface area contributed by atoms with Crippen LogP contribution in [0.25, 0.3) is 0 Å². The number of para-hydroxylation sites is 1. The molecule has 2 atom stereocenters. The number of hydrogen-bond acceptors (Lipinski definition) is 5. The minimum absolute atomic E-state index is 0.0484. The summed E-state index contributed by atoms with van der Waals surface area (Å²) in [5, 5.41) is 10.2. The van der Waals surface area contributed by atoms with Crippen LogP contribution in [-0.2, 0) is 16.1 Å². The number of carboxylic acids is 1. The second-order valence-electron chi connectivity index (χ2n) is 10.5. The molecule has 0 radical (unpaired) electrons. The van der Waals surface area contributed by atoms with E-state index in [1.54, 1.807) is 6.20 Å². The number of halogens is 3. The Morgan fingerprint density at radius 1 is 1.12 bits per heavy atom. The number of aliphatic carboxylic acids is 1. The normalized spacial score (nSPS) is 22.1. The van der Waals surface area contributed by atoms with Crippen LogP contribution < -0.4 is 5.32 Å². The molecule has 216 valence electrons. The molecule has 40 heavy (non-hydrogen) atoms. The van der Waals surface area contributed by atoms with E-state index in [0.717, 1.165) is 50.3 Å². The average Bonchev–Trinajstić information content (AvgIpc) is 3.43. The summed E-state index contributed by atoms with van der Waals surface area (Å²) in [6.07, 6.45) is 0.309. The van der Waals surface area contributed by atoms with Crippen LogP contribution in [0.4, 0.5) is 23.7 Å². The first-order valence-corrected chi connectivity index (χ1v) is 13.3. The summed E-state index contributed by atoms with van der Waals surface area (Å²) >= 11 is 0. The zero-order valence-corrected chi connectivity index (χ0v) is 22.5. The number of nitrogens with zero attached hydrogens (tertiary/aromatic N) is 4. The van der Waals surface area contributed by atoms with Gasteiger partial charge in [0.05, 0.1) is 11.5 Å². The Balaban J connectivity index is 0.000000470. The highest BCUT2D eigenvalue weighted by Gasteiger charge is 2.61. The number of benzene rings is 1. The number of aryl methyl sites for hydroxylation is 1. The minimum Gasteiger partial charge on any atom is -0.475 e. The number of nitrogens with one attached hydrogen (secondary N) is 1. The summed E-state index contributed by atoms with van der Waals surface area (Å²) < 4.78 is 31.7. The number of likely N-dealkylation sites (tertiary alicyclic amines) is 3. The van der Waals surface area contributed by atoms with Crippen molar-refractivity contribution < 1.29 is 32.7 Å². The molecule has 0 saturated carbocycles. The third-order valence-corrected chi connectivity index (χ3v) is 8.20. The van der Waals surface area contributed by atoms with Crippen molar-refractivity contribution in [3.05, 3.63) is 59.9 Å². The van der Waals surface area contributed by atoms with Gasteiger partial charge in [0, 0.05) is 63.3 Å². The second-order valence-corrected chi connectivity index (χ2v) is 10.5. The fraction of sp³-hybridized carbons (Fsp3) is 0.500. The molecular formula is C28H34F3N5O4. The van der Waals surface area contributed by atoms with E-state index in [9.17, 15) is 22.8 Å². The Hall–Kier alpha value is -3.67. The molecule has 3 saturated heterocycles. The van der Waals surface area contributed by atoms with Gasteiger partial charge in [-0.1, -0.05) is 24.3 Å². The molecule has 3 amide bonds. The Morgan fingerprint density at radius 2 is 1.80 bits per heavy atom. The van der Waals surface area contributed by atoms with Crippen molar-refractivity contribution in [3.8, 4) is 0 Å². The standard InChI is InChI=1S/C26H33N5O2.C2HF3O2/c1-3-31-24(32)21-17-29(16-20-8-6-12-27-15-20)18-22(21)26(31)10-13-30(14-11-26)25(33)28-23-9-5-4-7-19(23)2;3-2(4,5)1(6)7/h4-9,12,15,21-22H,3,10-11,13-14,16-18H2,1-2H3,(H,28,33);(H,6,7)/t21-,22+;/m0./s1. The van der Waals surface area contributed by atoms with Crippen LogP contribution in [0.15, 0.2) is 48.8 Å². The summed E-state index contributed by atoms with van der Waals surface area (Å²) in [6, 6.07) is 11.9. The number of alkyl halides is 3. The van der Waals surface area contributed by atoms with Gasteiger partial charge in [0.2, 0.25) is 5.91 Å². The average molecular weight is 562 g/mol. The summed E-state index contributed by atoms with van der Waals surface area (Å²) in [4.78, 5) is 45.9. The SMILES string of the molecule is CCN1C(=O)[C@H]2CN(Cc3cccnc3)C[C@H]2C12CCN(C(=O)Nc1ccccc1C)CC2.O=C(O)C(F)(F)F. The molecule has 3 aliphatic rings. The highest BCUT2D eigenvalue weighted by Crippen LogP contribution is 2.49. The molecule has 1 aromatic heterocycles. The Bertz CT molecular complexity index is 1220. The lowest BCUT2D eigenvalue weighted by atomic mass is 9.75. The number of carbonyl (C=O) groups is 3. The van der Waals surface area contributed by atoms with Gasteiger partial charge in [0.15, 0.2) is 0 Å². The van der Waals surface area contributed by atoms with Gasteiger partial charge in [-0.3, -0.25) is 14.7 Å². The van der Waals surface area contributed by atoms with Crippen LogP contribution in [0, 0.1) is 18.8 Å². The number of aromatic nitrogens is 1. The zero-order valence-electron chi connectivity index (χ0n) is 22.5. The molecule has 1 spiro atoms. The molecule has 4 heterocycles. The van der Waals surface area contributed by atoms with Crippen LogP contribution >= 0.6 is 0 Å². The molecular weight excluding hydrogens is 527 g/mol. The van der Waals surface area contributed by atoms with E-state index < -0.39 is 12.1 Å². The number of rotatable bonds is 4. The maximum atomic E-state index is 13.4. The van der Waals surface area contributed by atoms with Crippen LogP contribution in [0.5, 0.6) is 0 Å². The Labute approximate surface area is 231 Å². The lowest BCUT2D eigenvalue weighted by molar-refractivity contribution is -0.192. The Kier molecular flexibility index (Phi) is 8.67. The number of carbonyl (C=O) groups excluding carboxylic acids is 2. The highest BCUT2D eigenvalue weighted by molar-refractivity contribution is 5.90. The van der Waals surface area contributed by atoms with E-state index >= 15 is 0 Å². The highest BCUT2D eigenvalue weighted by atomic mass is 19.4. The van der Waals surface area contributed by atoms with Gasteiger partial charge >= 0.3 is 18.2 Å². The third-order valence-electron chi connectivity index (χ3n) is 8.20. The smallest absolute Gasteiger partial charge is 0.475 e. The van der Waals surface area contributed by atoms with Crippen molar-refractivity contribution in [2.24, 2.45) is 11.8 Å². The molecule has 5 rings (SSSR count). The monoisotopic (exact) mass is 561 g/mol. The van der Waals surface area contributed by atoms with Crippen molar-refractivity contribution in [3.63, 3.8) is 0 Å². The number of anilines is 1. The number of hydrogen-bond donors (Lipinski definition) is 2. The summed E-state index contributed by atoms with van der Waals surface area (Å²) in [7, 11) is 0. The molecule has 3 aliphatic heterocycles. The predicted octanol–water partition coefficient (Wildman–Crippen LogP) is 4.00. The van der Waals surface area contributed by atoms with Gasteiger partial charge < -0.3 is 20.2 Å². The number of carboxylic acid groups (broad SMARTS) is 1. The molecule has 2 N–H and O–H groups in total. The minimum atomic E-state index is -5.08. The van der Waals surface area contributed by atoms with Crippen LogP contribution in [0.1, 0.15) is 30.9 Å². The van der Waals surface area contributed by atoms with Crippen LogP contribution in [0.3, 0.4) is 0 Å². The predicted molar refractivity (Wildman–Crippen MR) is 141 cm³/mol. The number of piperidine rings is 1. The van der Waals surface area contributed by atoms with Crippen LogP contribution in [-0.4, -0.2) is 87.1 Å². The molecule has 12 heteroatoms. The fourth-order valence-electron chi connectivity index (χ4n) is 6.29. The van der Waals surface area contributed by atoms with Crippen molar-refractivity contribution in [1.29, 1.82) is 0 Å². The van der Waals surface area contributed by atoms with E-state index in [1.807, 2.05) is 48.4 Å². The quantitative estimate of drug-likeness (QED) is 0.585. The second kappa shape index (κ2) is 11.8. The van der Waals surface area contributed by atoms with Gasteiger partial charge in [-0.05, 0) is 49.9 Å². The largest absolute Gasteiger partial charge is 0.490 e. The molecule has 0 unspecified atom stereocenters. The topological polar surface area (TPSA) is 106 Å². The van der Waals surface area contributed by atoms with Gasteiger partial charge in [-0.25, -0.2) is 9.59 Å². The van der Waals surface area contributed by atoms with Gasteiger partial charge in [0.1, 0.15) is 0 Å². The summed E-state index contributed by atoms with van der Waals surface area (Å²) in [6.45, 7) is 8.75. The number of pyridine rings is 1. The number of fused-ring (bicyclic) bond motifs is 2. The first-order chi connectivity index (χ1) is 19.0. The van der Waals surface area contributed by atoms with Crippen molar-refractivity contribution >= 4 is 23.6 Å². The lowest BCUT2D eigenvalue weighted by Crippen LogP contribution is -2.58. The van der Waals surface area contributed by atoms with E-state index in [1.165, 1.54) is 5.56 Å². The van der Waals surface area contributed by atoms with E-state index in [4.69, 9.17) is 9.90 Å². The maximum absolute atomic E-state index is 13.4. The third kappa shape index (κ3) is 6.06. The van der Waals surface area contributed by atoms with Gasteiger partial charge in [-0.15, -0.1) is 0 Å². The van der Waals surface area contributed by atoms with Gasteiger partial charge in [-0.2, -0.15) is 13.2 Å². The summed E-state index contributed by atoms with van der Waals surface area (Å²) in [5.41, 5.74) is 2.96. The molecule has 2 aromatic rings. The van der Waals surface area contributed by atoms with Crippen LogP contribution in [0.2, 0.25) is 0 Å². The molecule has 1 aromatic carbocycles. The van der Waals surface area contributed by atoms with Crippen molar-refractivity contribution in [1.82, 2.24) is 19.7 Å². The van der Waals surface area contributed by atoms with Crippen molar-refractivity contribution in [2.45, 2.75) is 44.9 Å². The Morgan fingerprint density at radius 3 is 2.38 bits per heavy atom. The number of urea groups is 1. The fourth-order valence-corrected chi connectivity index (χ4v) is 6.29. The van der Waals surface area contributed by atoms with Crippen molar-refractivity contribution in [2.75, 3.05) is 38.0 Å². The number of amides is 3. The first kappa shape index (κ1) is 29.3. The maximum Gasteiger partial charge on any atom is 0.490 e. The first-order valence-electron chi connectivity index (χ1n) is 13.3. The lowest BCUT2D eigenvalue weighted by Gasteiger charge is -2.47.